The SMILES string of the molecule is CC=Cc1cc(OC)c(O[C@@H]2O[C@H](CO)[C@@H](OS(=O)(=O)O)[C@H](O)[C@H]2O)c(OC)c1. The van der Waals surface area contributed by atoms with Gasteiger partial charge in [0.15, 0.2) is 11.5 Å². The van der Waals surface area contributed by atoms with E-state index in [9.17, 15) is 23.7 Å². The molecule has 5 atom stereocenters. The van der Waals surface area contributed by atoms with E-state index in [-0.39, 0.29) is 17.2 Å². The van der Waals surface area contributed by atoms with Crippen molar-refractivity contribution in [1.29, 1.82) is 0 Å². The lowest BCUT2D eigenvalue weighted by molar-refractivity contribution is -0.273. The summed E-state index contributed by atoms with van der Waals surface area (Å²) in [5.41, 5.74) is 0.744. The number of ether oxygens (including phenoxy) is 4. The van der Waals surface area contributed by atoms with Gasteiger partial charge in [-0.05, 0) is 24.6 Å². The molecular weight excluding hydrogens is 412 g/mol. The molecule has 0 aliphatic carbocycles. The third kappa shape index (κ3) is 5.57. The van der Waals surface area contributed by atoms with Crippen LogP contribution in [0, 0.1) is 0 Å². The number of aliphatic hydroxyl groups excluding tert-OH is 3. The van der Waals surface area contributed by atoms with Gasteiger partial charge in [-0.3, -0.25) is 4.55 Å². The smallest absolute Gasteiger partial charge is 0.397 e. The average Bonchev–Trinajstić information content (AvgIpc) is 2.67. The molecule has 0 saturated carbocycles. The third-order valence-electron chi connectivity index (χ3n) is 4.13. The van der Waals surface area contributed by atoms with Gasteiger partial charge in [0.25, 0.3) is 0 Å². The van der Waals surface area contributed by atoms with Crippen molar-refractivity contribution in [1.82, 2.24) is 0 Å². The summed E-state index contributed by atoms with van der Waals surface area (Å²) >= 11 is 0. The van der Waals surface area contributed by atoms with Gasteiger partial charge in [0, 0.05) is 0 Å². The van der Waals surface area contributed by atoms with Gasteiger partial charge in [0.1, 0.15) is 24.4 Å². The summed E-state index contributed by atoms with van der Waals surface area (Å²) in [6.45, 7) is 1.04. The molecule has 0 radical (unpaired) electrons. The second-order valence-corrected chi connectivity index (χ2v) is 7.12. The Morgan fingerprint density at radius 2 is 1.72 bits per heavy atom. The Balaban J connectivity index is 2.34. The van der Waals surface area contributed by atoms with Crippen LogP contribution in [-0.4, -0.2) is 79.8 Å². The van der Waals surface area contributed by atoms with E-state index in [1.54, 1.807) is 24.3 Å². The molecule has 2 rings (SSSR count). The van der Waals surface area contributed by atoms with Crippen LogP contribution in [0.15, 0.2) is 18.2 Å². The molecule has 1 heterocycles. The van der Waals surface area contributed by atoms with Crippen LogP contribution >= 0.6 is 0 Å². The molecule has 1 aliphatic heterocycles. The van der Waals surface area contributed by atoms with Gasteiger partial charge in [-0.1, -0.05) is 12.2 Å². The van der Waals surface area contributed by atoms with E-state index >= 15 is 0 Å². The zero-order valence-electron chi connectivity index (χ0n) is 16.0. The molecule has 1 aromatic rings. The minimum Gasteiger partial charge on any atom is -0.493 e. The minimum absolute atomic E-state index is 0.0466. The maximum atomic E-state index is 11.0. The first-order chi connectivity index (χ1) is 13.6. The maximum Gasteiger partial charge on any atom is 0.397 e. The lowest BCUT2D eigenvalue weighted by Crippen LogP contribution is -2.61. The van der Waals surface area contributed by atoms with Crippen molar-refractivity contribution in [3.8, 4) is 17.2 Å². The number of rotatable bonds is 8. The fourth-order valence-electron chi connectivity index (χ4n) is 2.83. The van der Waals surface area contributed by atoms with E-state index in [0.29, 0.717) is 0 Å². The monoisotopic (exact) mass is 436 g/mol. The number of benzene rings is 1. The van der Waals surface area contributed by atoms with E-state index in [4.69, 9.17) is 23.5 Å². The zero-order chi connectivity index (χ0) is 21.8. The van der Waals surface area contributed by atoms with E-state index in [1.807, 2.05) is 6.92 Å². The van der Waals surface area contributed by atoms with Crippen molar-refractivity contribution in [2.24, 2.45) is 0 Å². The van der Waals surface area contributed by atoms with Gasteiger partial charge in [-0.15, -0.1) is 0 Å². The summed E-state index contributed by atoms with van der Waals surface area (Å²) in [7, 11) is -2.20. The number of allylic oxidation sites excluding steroid dienone is 1. The first-order valence-electron chi connectivity index (χ1n) is 8.48. The van der Waals surface area contributed by atoms with Gasteiger partial charge in [-0.2, -0.15) is 8.42 Å². The standard InChI is InChI=1S/C17H24O11S/c1-4-5-9-6-10(24-2)15(11(7-9)25-3)27-17-14(20)13(19)16(12(8-18)26-17)28-29(21,22)23/h4-7,12-14,16-20H,8H2,1-3H3,(H,21,22,23)/t12-,13-,14-,16-,17+/m1/s1. The van der Waals surface area contributed by atoms with Gasteiger partial charge >= 0.3 is 10.4 Å². The summed E-state index contributed by atoms with van der Waals surface area (Å²) in [5, 5.41) is 30.0. The molecule has 0 bridgehead atoms. The third-order valence-corrected chi connectivity index (χ3v) is 4.59. The highest BCUT2D eigenvalue weighted by Crippen LogP contribution is 2.41. The molecule has 1 saturated heterocycles. The maximum absolute atomic E-state index is 11.0. The summed E-state index contributed by atoms with van der Waals surface area (Å²) in [4.78, 5) is 0. The molecule has 29 heavy (non-hydrogen) atoms. The largest absolute Gasteiger partial charge is 0.493 e. The molecule has 11 nitrogen and oxygen atoms in total. The van der Waals surface area contributed by atoms with Crippen molar-refractivity contribution < 1.29 is 51.4 Å². The summed E-state index contributed by atoms with van der Waals surface area (Å²) < 4.78 is 56.7. The topological polar surface area (TPSA) is 161 Å². The molecule has 1 fully saturated rings. The highest BCUT2D eigenvalue weighted by atomic mass is 32.3. The Hall–Kier alpha value is -1.93. The molecule has 0 aromatic heterocycles. The Morgan fingerprint density at radius 3 is 2.17 bits per heavy atom. The zero-order valence-corrected chi connectivity index (χ0v) is 16.8. The van der Waals surface area contributed by atoms with Gasteiger partial charge in [-0.25, -0.2) is 4.18 Å². The van der Waals surface area contributed by atoms with Crippen molar-refractivity contribution >= 4 is 16.5 Å². The molecule has 1 aliphatic rings. The number of aliphatic hydroxyl groups is 3. The molecular formula is C17H24O11S. The van der Waals surface area contributed by atoms with Crippen LogP contribution in [-0.2, 0) is 19.3 Å². The van der Waals surface area contributed by atoms with Crippen molar-refractivity contribution in [3.63, 3.8) is 0 Å². The fraction of sp³-hybridized carbons (Fsp3) is 0.529. The quantitative estimate of drug-likeness (QED) is 0.397. The molecule has 164 valence electrons. The predicted molar refractivity (Wildman–Crippen MR) is 99.1 cm³/mol. The van der Waals surface area contributed by atoms with Gasteiger partial charge in [0.05, 0.1) is 20.8 Å². The van der Waals surface area contributed by atoms with Gasteiger partial charge < -0.3 is 34.3 Å². The van der Waals surface area contributed by atoms with E-state index in [1.165, 1.54) is 14.2 Å². The first kappa shape index (κ1) is 23.3. The van der Waals surface area contributed by atoms with Gasteiger partial charge in [0.2, 0.25) is 12.0 Å². The minimum atomic E-state index is -4.98. The Morgan fingerprint density at radius 1 is 1.14 bits per heavy atom. The normalized spacial score (nSPS) is 27.8. The summed E-state index contributed by atoms with van der Waals surface area (Å²) in [6.07, 6.45) is -4.80. The van der Waals surface area contributed by atoms with E-state index in [2.05, 4.69) is 4.18 Å². The van der Waals surface area contributed by atoms with E-state index < -0.39 is 47.7 Å². The average molecular weight is 436 g/mol. The second-order valence-electron chi connectivity index (χ2n) is 6.07. The van der Waals surface area contributed by atoms with Crippen molar-refractivity contribution in [3.05, 3.63) is 23.8 Å². The number of hydrogen-bond donors (Lipinski definition) is 4. The van der Waals surface area contributed by atoms with Crippen molar-refractivity contribution in [2.75, 3.05) is 20.8 Å². The van der Waals surface area contributed by atoms with Crippen LogP contribution < -0.4 is 14.2 Å². The fourth-order valence-corrected chi connectivity index (χ4v) is 3.35. The molecule has 0 spiro atoms. The Bertz CT molecular complexity index is 796. The van der Waals surface area contributed by atoms with Crippen LogP contribution in [0.2, 0.25) is 0 Å². The second kappa shape index (κ2) is 9.71. The first-order valence-corrected chi connectivity index (χ1v) is 9.85. The van der Waals surface area contributed by atoms with Crippen LogP contribution in [0.5, 0.6) is 17.2 Å². The molecule has 1 aromatic carbocycles. The molecule has 0 amide bonds. The molecule has 0 unspecified atom stereocenters. The van der Waals surface area contributed by atoms with Crippen LogP contribution in [0.4, 0.5) is 0 Å². The number of hydrogen-bond acceptors (Lipinski definition) is 10. The number of methoxy groups -OCH3 is 2. The Labute approximate surface area is 168 Å². The van der Waals surface area contributed by atoms with Crippen LogP contribution in [0.1, 0.15) is 12.5 Å². The summed E-state index contributed by atoms with van der Waals surface area (Å²) in [5.74, 6) is 0.518. The highest BCUT2D eigenvalue weighted by molar-refractivity contribution is 7.80. The lowest BCUT2D eigenvalue weighted by atomic mass is 9.99. The van der Waals surface area contributed by atoms with E-state index in [0.717, 1.165) is 5.56 Å². The molecule has 12 heteroatoms. The van der Waals surface area contributed by atoms with Crippen LogP contribution in [0.25, 0.3) is 6.08 Å². The van der Waals surface area contributed by atoms with Crippen LogP contribution in [0.3, 0.4) is 0 Å². The Kier molecular flexibility index (Phi) is 7.82. The predicted octanol–water partition coefficient (Wildman–Crippen LogP) is -0.257. The van der Waals surface area contributed by atoms with Crippen molar-refractivity contribution in [2.45, 2.75) is 37.6 Å². The molecule has 4 N–H and O–H groups in total. The summed E-state index contributed by atoms with van der Waals surface area (Å²) in [6, 6.07) is 3.27. The lowest BCUT2D eigenvalue weighted by Gasteiger charge is -2.40. The highest BCUT2D eigenvalue weighted by Gasteiger charge is 2.48.